The number of nitriles is 1. The van der Waals surface area contributed by atoms with Gasteiger partial charge in [-0.25, -0.2) is 8.42 Å². The quantitative estimate of drug-likeness (QED) is 0.456. The van der Waals surface area contributed by atoms with Crippen molar-refractivity contribution in [2.24, 2.45) is 0 Å². The van der Waals surface area contributed by atoms with E-state index in [1.54, 1.807) is 24.3 Å². The number of rotatable bonds is 7. The van der Waals surface area contributed by atoms with Crippen LogP contribution in [0.1, 0.15) is 5.56 Å². The van der Waals surface area contributed by atoms with Crippen molar-refractivity contribution in [2.45, 2.75) is 4.90 Å². The summed E-state index contributed by atoms with van der Waals surface area (Å²) in [5.74, 6) is 0.598. The maximum atomic E-state index is 11.7. The Kier molecular flexibility index (Phi) is 5.56. The summed E-state index contributed by atoms with van der Waals surface area (Å²) in [7, 11) is -3.72. The molecule has 0 unspecified atom stereocenters. The van der Waals surface area contributed by atoms with E-state index in [1.807, 2.05) is 6.07 Å². The first-order valence-electron chi connectivity index (χ1n) is 7.16. The van der Waals surface area contributed by atoms with E-state index in [9.17, 15) is 18.5 Å². The minimum Gasteiger partial charge on any atom is -0.492 e. The van der Waals surface area contributed by atoms with Crippen LogP contribution in [-0.4, -0.2) is 32.7 Å². The lowest BCUT2D eigenvalue weighted by Gasteiger charge is -2.10. The number of benzene rings is 2. The Morgan fingerprint density at radius 3 is 2.48 bits per heavy atom. The van der Waals surface area contributed by atoms with Gasteiger partial charge in [0.2, 0.25) is 0 Å². The number of nitro groups is 1. The number of ether oxygens (including phenoxy) is 1. The monoisotopic (exact) mass is 361 g/mol. The zero-order chi connectivity index (χ0) is 18.4. The van der Waals surface area contributed by atoms with Crippen LogP contribution in [0, 0.1) is 21.4 Å². The molecule has 0 radical (unpaired) electrons. The van der Waals surface area contributed by atoms with Gasteiger partial charge in [0, 0.05) is 24.6 Å². The van der Waals surface area contributed by atoms with E-state index in [0.29, 0.717) is 23.5 Å². The lowest BCUT2D eigenvalue weighted by molar-refractivity contribution is -0.387. The number of sulfone groups is 1. The molecular weight excluding hydrogens is 346 g/mol. The highest BCUT2D eigenvalue weighted by Gasteiger charge is 2.22. The zero-order valence-electron chi connectivity index (χ0n) is 13.3. The molecule has 2 aromatic carbocycles. The molecule has 0 aliphatic heterocycles. The highest BCUT2D eigenvalue weighted by Crippen LogP contribution is 2.26. The summed E-state index contributed by atoms with van der Waals surface area (Å²) in [6.45, 7) is 0.651. The predicted octanol–water partition coefficient (Wildman–Crippen LogP) is 2.36. The molecule has 0 aliphatic carbocycles. The summed E-state index contributed by atoms with van der Waals surface area (Å²) in [5.41, 5.74) is 0.515. The molecule has 0 bridgehead atoms. The number of anilines is 1. The Labute approximate surface area is 144 Å². The molecule has 8 nitrogen and oxygen atoms in total. The fourth-order valence-corrected chi connectivity index (χ4v) is 2.93. The van der Waals surface area contributed by atoms with Gasteiger partial charge >= 0.3 is 0 Å². The van der Waals surface area contributed by atoms with Gasteiger partial charge in [0.25, 0.3) is 5.69 Å². The van der Waals surface area contributed by atoms with Crippen LogP contribution in [0.4, 0.5) is 11.4 Å². The molecule has 25 heavy (non-hydrogen) atoms. The average Bonchev–Trinajstić information content (AvgIpc) is 2.58. The molecule has 0 spiro atoms. The third kappa shape index (κ3) is 4.92. The lowest BCUT2D eigenvalue weighted by Crippen LogP contribution is -2.12. The third-order valence-corrected chi connectivity index (χ3v) is 4.37. The molecule has 2 rings (SSSR count). The van der Waals surface area contributed by atoms with Crippen molar-refractivity contribution >= 4 is 21.2 Å². The number of nitrogens with zero attached hydrogens (tertiary/aromatic N) is 2. The summed E-state index contributed by atoms with van der Waals surface area (Å²) in [5, 5.41) is 22.6. The molecule has 130 valence electrons. The maximum absolute atomic E-state index is 11.7. The van der Waals surface area contributed by atoms with Crippen molar-refractivity contribution in [3.05, 3.63) is 58.1 Å². The van der Waals surface area contributed by atoms with Crippen LogP contribution in [0.2, 0.25) is 0 Å². The van der Waals surface area contributed by atoms with E-state index in [4.69, 9.17) is 10.00 Å². The highest BCUT2D eigenvalue weighted by atomic mass is 32.2. The number of nitro benzene ring substituents is 1. The van der Waals surface area contributed by atoms with E-state index < -0.39 is 20.4 Å². The van der Waals surface area contributed by atoms with E-state index in [1.165, 1.54) is 12.1 Å². The molecule has 0 aromatic heterocycles. The Morgan fingerprint density at radius 2 is 1.92 bits per heavy atom. The lowest BCUT2D eigenvalue weighted by atomic mass is 10.2. The second-order valence-electron chi connectivity index (χ2n) is 5.12. The number of nitrogens with one attached hydrogen (secondary N) is 1. The molecule has 0 aliphatic rings. The Balaban J connectivity index is 1.99. The summed E-state index contributed by atoms with van der Waals surface area (Å²) in [6.07, 6.45) is 0.924. The molecule has 2 aromatic rings. The second kappa shape index (κ2) is 7.63. The molecule has 0 heterocycles. The fraction of sp³-hybridized carbons (Fsp3) is 0.188. The number of hydrogen-bond acceptors (Lipinski definition) is 7. The van der Waals surface area contributed by atoms with Crippen molar-refractivity contribution in [3.8, 4) is 11.8 Å². The second-order valence-corrected chi connectivity index (χ2v) is 7.11. The van der Waals surface area contributed by atoms with Gasteiger partial charge in [0.15, 0.2) is 9.84 Å². The van der Waals surface area contributed by atoms with Crippen LogP contribution in [0.5, 0.6) is 5.75 Å². The molecule has 9 heteroatoms. The van der Waals surface area contributed by atoms with Crippen LogP contribution in [0.25, 0.3) is 0 Å². The standard InChI is InChI=1S/C16H15N3O5S/c1-25(22,23)16-10-13(4-7-15(16)19(20)21)18-8-9-24-14-5-2-12(11-17)3-6-14/h2-7,10,18H,8-9H2,1H3. The Bertz CT molecular complexity index is 918. The minimum absolute atomic E-state index is 0.289. The zero-order valence-corrected chi connectivity index (χ0v) is 14.1. The van der Waals surface area contributed by atoms with Crippen molar-refractivity contribution < 1.29 is 18.1 Å². The first-order chi connectivity index (χ1) is 11.8. The van der Waals surface area contributed by atoms with E-state index in [2.05, 4.69) is 5.32 Å². The topological polar surface area (TPSA) is 122 Å². The first kappa shape index (κ1) is 18.2. The van der Waals surface area contributed by atoms with Crippen LogP contribution < -0.4 is 10.1 Å². The molecule has 1 N–H and O–H groups in total. The van der Waals surface area contributed by atoms with Crippen molar-refractivity contribution in [2.75, 3.05) is 24.7 Å². The van der Waals surface area contributed by atoms with Crippen LogP contribution >= 0.6 is 0 Å². The fourth-order valence-electron chi connectivity index (χ4n) is 2.06. The Morgan fingerprint density at radius 1 is 1.24 bits per heavy atom. The molecule has 0 saturated heterocycles. The number of hydrogen-bond donors (Lipinski definition) is 1. The molecule has 0 atom stereocenters. The van der Waals surface area contributed by atoms with Crippen molar-refractivity contribution in [1.29, 1.82) is 5.26 Å². The molecule has 0 fully saturated rings. The van der Waals surface area contributed by atoms with Crippen molar-refractivity contribution in [1.82, 2.24) is 0 Å². The summed E-state index contributed by atoms with van der Waals surface area (Å²) in [6, 6.07) is 12.4. The predicted molar refractivity (Wildman–Crippen MR) is 91.3 cm³/mol. The van der Waals surface area contributed by atoms with Crippen LogP contribution in [0.3, 0.4) is 0 Å². The van der Waals surface area contributed by atoms with Gasteiger partial charge in [0.1, 0.15) is 17.3 Å². The third-order valence-electron chi connectivity index (χ3n) is 3.24. The van der Waals surface area contributed by atoms with Gasteiger partial charge < -0.3 is 10.1 Å². The van der Waals surface area contributed by atoms with Gasteiger partial charge in [0.05, 0.1) is 16.6 Å². The van der Waals surface area contributed by atoms with Gasteiger partial charge in [-0.15, -0.1) is 0 Å². The van der Waals surface area contributed by atoms with Crippen LogP contribution in [-0.2, 0) is 9.84 Å². The minimum atomic E-state index is -3.72. The van der Waals surface area contributed by atoms with E-state index >= 15 is 0 Å². The van der Waals surface area contributed by atoms with Gasteiger partial charge in [-0.3, -0.25) is 10.1 Å². The van der Waals surface area contributed by atoms with Gasteiger partial charge in [-0.2, -0.15) is 5.26 Å². The maximum Gasteiger partial charge on any atom is 0.288 e. The summed E-state index contributed by atoms with van der Waals surface area (Å²) in [4.78, 5) is 9.86. The largest absolute Gasteiger partial charge is 0.492 e. The normalized spacial score (nSPS) is 10.7. The molecule has 0 amide bonds. The van der Waals surface area contributed by atoms with Gasteiger partial charge in [-0.1, -0.05) is 0 Å². The highest BCUT2D eigenvalue weighted by molar-refractivity contribution is 7.90. The molecule has 0 saturated carbocycles. The SMILES string of the molecule is CS(=O)(=O)c1cc(NCCOc2ccc(C#N)cc2)ccc1[N+](=O)[O-]. The summed E-state index contributed by atoms with van der Waals surface area (Å²) < 4.78 is 28.9. The Hall–Kier alpha value is -3.12. The van der Waals surface area contributed by atoms with Crippen LogP contribution in [0.15, 0.2) is 47.4 Å². The van der Waals surface area contributed by atoms with Crippen molar-refractivity contribution in [3.63, 3.8) is 0 Å². The average molecular weight is 361 g/mol. The van der Waals surface area contributed by atoms with Gasteiger partial charge in [-0.05, 0) is 36.4 Å². The summed E-state index contributed by atoms with van der Waals surface area (Å²) >= 11 is 0. The molecular formula is C16H15N3O5S. The first-order valence-corrected chi connectivity index (χ1v) is 9.06. The van der Waals surface area contributed by atoms with E-state index in [-0.39, 0.29) is 11.5 Å². The van der Waals surface area contributed by atoms with E-state index in [0.717, 1.165) is 12.3 Å². The smallest absolute Gasteiger partial charge is 0.288 e.